The highest BCUT2D eigenvalue weighted by atomic mass is 35.5. The van der Waals surface area contributed by atoms with E-state index in [1.54, 1.807) is 19.1 Å². The van der Waals surface area contributed by atoms with E-state index in [4.69, 9.17) is 17.3 Å². The Morgan fingerprint density at radius 2 is 2.06 bits per heavy atom. The third kappa shape index (κ3) is 1.97. The average Bonchev–Trinajstić information content (AvgIpc) is 2.25. The van der Waals surface area contributed by atoms with Gasteiger partial charge in [-0.1, -0.05) is 23.7 Å². The van der Waals surface area contributed by atoms with Crippen molar-refractivity contribution in [2.75, 3.05) is 5.73 Å². The van der Waals surface area contributed by atoms with E-state index in [1.807, 2.05) is 0 Å². The van der Waals surface area contributed by atoms with Gasteiger partial charge < -0.3 is 5.73 Å². The fourth-order valence-corrected chi connectivity index (χ4v) is 1.44. The molecule has 0 saturated heterocycles. The van der Waals surface area contributed by atoms with Gasteiger partial charge in [0.05, 0.1) is 0 Å². The second-order valence-electron chi connectivity index (χ2n) is 3.36. The van der Waals surface area contributed by atoms with Crippen LogP contribution in [0.3, 0.4) is 0 Å². The largest absolute Gasteiger partial charge is 0.383 e. The molecule has 0 fully saturated rings. The van der Waals surface area contributed by atoms with Crippen molar-refractivity contribution in [2.24, 2.45) is 0 Å². The Balaban J connectivity index is 2.57. The molecule has 1 aromatic carbocycles. The van der Waals surface area contributed by atoms with Crippen LogP contribution in [0.25, 0.3) is 11.4 Å². The molecule has 0 spiro atoms. The maximum atomic E-state index is 13.0. The molecule has 16 heavy (non-hydrogen) atoms. The van der Waals surface area contributed by atoms with Crippen LogP contribution in [0, 0.1) is 12.7 Å². The molecule has 2 aromatic rings. The second-order valence-corrected chi connectivity index (χ2v) is 3.72. The molecule has 0 atom stereocenters. The van der Waals surface area contributed by atoms with Gasteiger partial charge in [0.15, 0.2) is 5.82 Å². The first-order valence-corrected chi connectivity index (χ1v) is 5.01. The molecule has 0 amide bonds. The first kappa shape index (κ1) is 10.8. The molecule has 5 heteroatoms. The lowest BCUT2D eigenvalue weighted by Gasteiger charge is -2.05. The van der Waals surface area contributed by atoms with E-state index < -0.39 is 0 Å². The minimum absolute atomic E-state index is 0.284. The molecule has 0 saturated carbocycles. The molecule has 82 valence electrons. The fourth-order valence-electron chi connectivity index (χ4n) is 1.26. The molecule has 1 heterocycles. The number of rotatable bonds is 1. The van der Waals surface area contributed by atoms with E-state index in [-0.39, 0.29) is 11.0 Å². The molecule has 3 nitrogen and oxygen atoms in total. The summed E-state index contributed by atoms with van der Waals surface area (Å²) in [4.78, 5) is 8.11. The van der Waals surface area contributed by atoms with Crippen molar-refractivity contribution < 1.29 is 4.39 Å². The molecule has 2 N–H and O–H groups in total. The number of anilines is 1. The lowest BCUT2D eigenvalue weighted by molar-refractivity contribution is 0.628. The lowest BCUT2D eigenvalue weighted by atomic mass is 10.2. The molecular weight excluding hydrogens is 229 g/mol. The molecule has 0 aliphatic heterocycles. The van der Waals surface area contributed by atoms with Gasteiger partial charge >= 0.3 is 0 Å². The van der Waals surface area contributed by atoms with Gasteiger partial charge in [-0.3, -0.25) is 0 Å². The number of hydrogen-bond acceptors (Lipinski definition) is 3. The van der Waals surface area contributed by atoms with Gasteiger partial charge in [0.25, 0.3) is 0 Å². The maximum absolute atomic E-state index is 13.0. The molecule has 0 aliphatic rings. The Morgan fingerprint density at radius 3 is 2.69 bits per heavy atom. The van der Waals surface area contributed by atoms with Crippen LogP contribution in [-0.2, 0) is 0 Å². The summed E-state index contributed by atoms with van der Waals surface area (Å²) in [6, 6.07) is 5.96. The summed E-state index contributed by atoms with van der Waals surface area (Å²) in [5.74, 6) is 0.281. The molecule has 1 aromatic heterocycles. The van der Waals surface area contributed by atoms with E-state index in [2.05, 4.69) is 9.97 Å². The van der Waals surface area contributed by atoms with Crippen LogP contribution < -0.4 is 5.73 Å². The van der Waals surface area contributed by atoms with E-state index in [0.29, 0.717) is 22.8 Å². The number of nitrogens with two attached hydrogens (primary N) is 1. The zero-order chi connectivity index (χ0) is 11.7. The topological polar surface area (TPSA) is 51.8 Å². The number of halogens is 2. The Kier molecular flexibility index (Phi) is 2.75. The number of benzene rings is 1. The van der Waals surface area contributed by atoms with Crippen molar-refractivity contribution in [3.63, 3.8) is 0 Å². The van der Waals surface area contributed by atoms with Gasteiger partial charge in [0.2, 0.25) is 0 Å². The smallest absolute Gasteiger partial charge is 0.163 e. The van der Waals surface area contributed by atoms with E-state index in [1.165, 1.54) is 12.1 Å². The predicted octanol–water partition coefficient (Wildman–Crippen LogP) is 2.83. The van der Waals surface area contributed by atoms with Gasteiger partial charge in [-0.2, -0.15) is 0 Å². The third-order valence-electron chi connectivity index (χ3n) is 2.21. The minimum Gasteiger partial charge on any atom is -0.383 e. The molecular formula is C11H9ClFN3. The average molecular weight is 238 g/mol. The van der Waals surface area contributed by atoms with Crippen LogP contribution in [0.2, 0.25) is 5.15 Å². The van der Waals surface area contributed by atoms with Crippen LogP contribution >= 0.6 is 11.6 Å². The van der Waals surface area contributed by atoms with Crippen LogP contribution in [-0.4, -0.2) is 9.97 Å². The highest BCUT2D eigenvalue weighted by molar-refractivity contribution is 6.30. The summed E-state index contributed by atoms with van der Waals surface area (Å²) in [6.07, 6.45) is 0. The van der Waals surface area contributed by atoms with E-state index in [9.17, 15) is 4.39 Å². The first-order valence-electron chi connectivity index (χ1n) is 4.63. The molecule has 0 radical (unpaired) electrons. The third-order valence-corrected chi connectivity index (χ3v) is 2.57. The van der Waals surface area contributed by atoms with Crippen molar-refractivity contribution >= 4 is 17.4 Å². The Bertz CT molecular complexity index is 519. The van der Waals surface area contributed by atoms with Crippen molar-refractivity contribution in [1.82, 2.24) is 9.97 Å². The maximum Gasteiger partial charge on any atom is 0.163 e. The number of nitrogens with zero attached hydrogens (tertiary/aromatic N) is 2. The summed E-state index contributed by atoms with van der Waals surface area (Å²) in [6.45, 7) is 1.73. The fraction of sp³-hybridized carbons (Fsp3) is 0.0909. The Hall–Kier alpha value is -1.68. The Labute approximate surface area is 97.1 Å². The number of hydrogen-bond donors (Lipinski definition) is 1. The van der Waals surface area contributed by atoms with Crippen LogP contribution in [0.5, 0.6) is 0 Å². The summed E-state index contributed by atoms with van der Waals surface area (Å²) >= 11 is 5.88. The van der Waals surface area contributed by atoms with Crippen LogP contribution in [0.1, 0.15) is 5.56 Å². The van der Waals surface area contributed by atoms with Crippen molar-refractivity contribution in [3.05, 3.63) is 40.8 Å². The van der Waals surface area contributed by atoms with Gasteiger partial charge in [0, 0.05) is 11.1 Å². The van der Waals surface area contributed by atoms with Crippen LogP contribution in [0.4, 0.5) is 10.2 Å². The molecule has 2 rings (SSSR count). The van der Waals surface area contributed by atoms with Gasteiger partial charge in [0.1, 0.15) is 16.8 Å². The summed E-state index contributed by atoms with van der Waals surface area (Å²) in [5, 5.41) is 0.284. The standard InChI is InChI=1S/C11H9ClFN3/c1-6-9(12)15-11(16-10(6)14)7-3-2-4-8(13)5-7/h2-5H,1H3,(H2,14,15,16). The molecule has 0 unspecified atom stereocenters. The van der Waals surface area contributed by atoms with Crippen LogP contribution in [0.15, 0.2) is 24.3 Å². The lowest BCUT2D eigenvalue weighted by Crippen LogP contribution is -2.00. The zero-order valence-corrected chi connectivity index (χ0v) is 9.29. The summed E-state index contributed by atoms with van der Waals surface area (Å²) in [7, 11) is 0. The minimum atomic E-state index is -0.351. The van der Waals surface area contributed by atoms with E-state index >= 15 is 0 Å². The summed E-state index contributed by atoms with van der Waals surface area (Å²) < 4.78 is 13.0. The zero-order valence-electron chi connectivity index (χ0n) is 8.54. The number of aromatic nitrogens is 2. The Morgan fingerprint density at radius 1 is 1.31 bits per heavy atom. The SMILES string of the molecule is Cc1c(N)nc(-c2cccc(F)c2)nc1Cl. The van der Waals surface area contributed by atoms with E-state index in [0.717, 1.165) is 0 Å². The first-order chi connectivity index (χ1) is 7.58. The van der Waals surface area contributed by atoms with Gasteiger partial charge in [-0.25, -0.2) is 14.4 Å². The second kappa shape index (κ2) is 4.06. The predicted molar refractivity (Wildman–Crippen MR) is 61.6 cm³/mol. The molecule has 0 aliphatic carbocycles. The van der Waals surface area contributed by atoms with Gasteiger partial charge in [-0.15, -0.1) is 0 Å². The van der Waals surface area contributed by atoms with Crippen molar-refractivity contribution in [1.29, 1.82) is 0 Å². The number of nitrogen functional groups attached to an aromatic ring is 1. The highest BCUT2D eigenvalue weighted by Crippen LogP contribution is 2.23. The quantitative estimate of drug-likeness (QED) is 0.776. The van der Waals surface area contributed by atoms with Gasteiger partial charge in [-0.05, 0) is 19.1 Å². The van der Waals surface area contributed by atoms with Crippen molar-refractivity contribution in [3.8, 4) is 11.4 Å². The highest BCUT2D eigenvalue weighted by Gasteiger charge is 2.08. The summed E-state index contributed by atoms with van der Waals surface area (Å²) in [5.41, 5.74) is 6.84. The molecule has 0 bridgehead atoms. The normalized spacial score (nSPS) is 10.4. The van der Waals surface area contributed by atoms with Crippen molar-refractivity contribution in [2.45, 2.75) is 6.92 Å². The monoisotopic (exact) mass is 237 g/mol.